The van der Waals surface area contributed by atoms with Gasteiger partial charge in [0.15, 0.2) is 0 Å². The molecule has 0 heterocycles. The molecule has 3 aromatic carbocycles. The minimum Gasteiger partial charge on any atom is -0.444 e. The molecule has 1 amide bonds. The van der Waals surface area contributed by atoms with Gasteiger partial charge in [-0.2, -0.15) is 0 Å². The van der Waals surface area contributed by atoms with Gasteiger partial charge in [-0.3, -0.25) is 5.32 Å². The third-order valence-electron chi connectivity index (χ3n) is 3.75. The molecule has 27 heavy (non-hydrogen) atoms. The zero-order valence-electron chi connectivity index (χ0n) is 14.1. The summed E-state index contributed by atoms with van der Waals surface area (Å²) >= 11 is 0. The quantitative estimate of drug-likeness (QED) is 0.661. The van der Waals surface area contributed by atoms with Crippen molar-refractivity contribution in [2.75, 3.05) is 5.32 Å². The minimum atomic E-state index is -3.76. The monoisotopic (exact) mass is 385 g/mol. The number of benzene rings is 3. The Morgan fingerprint density at radius 1 is 0.852 bits per heavy atom. The second-order valence-corrected chi connectivity index (χ2v) is 7.62. The molecule has 3 rings (SSSR count). The van der Waals surface area contributed by atoms with Crippen LogP contribution in [-0.2, 0) is 21.2 Å². The summed E-state index contributed by atoms with van der Waals surface area (Å²) in [5.41, 5.74) is 1.25. The largest absolute Gasteiger partial charge is 0.444 e. The number of sulfone groups is 1. The van der Waals surface area contributed by atoms with E-state index in [0.717, 1.165) is 17.7 Å². The van der Waals surface area contributed by atoms with Crippen LogP contribution in [0, 0.1) is 5.82 Å². The molecule has 0 unspecified atom stereocenters. The van der Waals surface area contributed by atoms with Gasteiger partial charge in [-0.25, -0.2) is 17.6 Å². The van der Waals surface area contributed by atoms with Crippen LogP contribution in [0.1, 0.15) is 5.56 Å². The lowest BCUT2D eigenvalue weighted by Gasteiger charge is -2.08. The molecule has 0 radical (unpaired) electrons. The summed E-state index contributed by atoms with van der Waals surface area (Å²) in [5, 5.41) is 2.53. The summed E-state index contributed by atoms with van der Waals surface area (Å²) in [7, 11) is -3.76. The zero-order chi connectivity index (χ0) is 19.3. The first-order valence-corrected chi connectivity index (χ1v) is 9.52. The predicted octanol–water partition coefficient (Wildman–Crippen LogP) is 4.41. The number of rotatable bonds is 5. The molecular formula is C20H16FNO4S. The van der Waals surface area contributed by atoms with Crippen molar-refractivity contribution in [2.24, 2.45) is 0 Å². The lowest BCUT2D eigenvalue weighted by Crippen LogP contribution is -2.13. The van der Waals surface area contributed by atoms with Crippen LogP contribution in [0.3, 0.4) is 0 Å². The van der Waals surface area contributed by atoms with Crippen molar-refractivity contribution in [3.8, 4) is 0 Å². The number of carbonyl (C=O) groups is 1. The molecule has 0 aliphatic rings. The Labute approximate surface area is 156 Å². The van der Waals surface area contributed by atoms with Gasteiger partial charge in [0, 0.05) is 5.69 Å². The third-order valence-corrected chi connectivity index (χ3v) is 5.53. The van der Waals surface area contributed by atoms with E-state index in [-0.39, 0.29) is 16.4 Å². The van der Waals surface area contributed by atoms with E-state index >= 15 is 0 Å². The highest BCUT2D eigenvalue weighted by molar-refractivity contribution is 7.91. The summed E-state index contributed by atoms with van der Waals surface area (Å²) in [4.78, 5) is 11.9. The van der Waals surface area contributed by atoms with Crippen LogP contribution in [0.15, 0.2) is 88.7 Å². The molecule has 0 aliphatic carbocycles. The molecule has 0 bridgehead atoms. The van der Waals surface area contributed by atoms with Gasteiger partial charge in [0.25, 0.3) is 0 Å². The number of amides is 1. The summed E-state index contributed by atoms with van der Waals surface area (Å²) < 4.78 is 43.1. The van der Waals surface area contributed by atoms with Gasteiger partial charge in [-0.1, -0.05) is 30.3 Å². The van der Waals surface area contributed by atoms with Crippen LogP contribution in [-0.4, -0.2) is 14.5 Å². The zero-order valence-corrected chi connectivity index (χ0v) is 14.9. The molecule has 0 aromatic heterocycles. The number of ether oxygens (including phenoxy) is 1. The number of carbonyl (C=O) groups excluding carboxylic acids is 1. The van der Waals surface area contributed by atoms with Gasteiger partial charge in [0.1, 0.15) is 12.4 Å². The molecule has 5 nitrogen and oxygen atoms in total. The van der Waals surface area contributed by atoms with Gasteiger partial charge in [-0.05, 0) is 54.1 Å². The maximum atomic E-state index is 13.0. The van der Waals surface area contributed by atoms with Gasteiger partial charge >= 0.3 is 6.09 Å². The number of anilines is 1. The molecule has 0 atom stereocenters. The van der Waals surface area contributed by atoms with Crippen molar-refractivity contribution in [1.82, 2.24) is 0 Å². The number of hydrogen-bond acceptors (Lipinski definition) is 4. The van der Waals surface area contributed by atoms with Crippen LogP contribution in [0.5, 0.6) is 0 Å². The van der Waals surface area contributed by atoms with Crippen molar-refractivity contribution in [3.63, 3.8) is 0 Å². The maximum Gasteiger partial charge on any atom is 0.411 e. The SMILES string of the molecule is O=C(Nc1ccc(S(=O)(=O)c2ccc(F)cc2)cc1)OCc1ccccc1. The molecule has 0 aliphatic heterocycles. The first kappa shape index (κ1) is 18.6. The fourth-order valence-electron chi connectivity index (χ4n) is 2.34. The fourth-order valence-corrected chi connectivity index (χ4v) is 3.61. The molecule has 0 saturated carbocycles. The summed E-state index contributed by atoms with van der Waals surface area (Å²) in [6.45, 7) is 0.129. The highest BCUT2D eigenvalue weighted by atomic mass is 32.2. The van der Waals surface area contributed by atoms with E-state index in [1.54, 1.807) is 0 Å². The molecule has 3 aromatic rings. The average Bonchev–Trinajstić information content (AvgIpc) is 2.68. The standard InChI is InChI=1S/C20H16FNO4S/c21-16-6-10-18(11-7-16)27(24,25)19-12-8-17(9-13-19)22-20(23)26-14-15-4-2-1-3-5-15/h1-13H,14H2,(H,22,23). The normalized spacial score (nSPS) is 11.0. The second kappa shape index (κ2) is 8.01. The van der Waals surface area contributed by atoms with Crippen molar-refractivity contribution >= 4 is 21.6 Å². The van der Waals surface area contributed by atoms with E-state index in [9.17, 15) is 17.6 Å². The Morgan fingerprint density at radius 3 is 2.00 bits per heavy atom. The molecule has 0 fully saturated rings. The Kier molecular flexibility index (Phi) is 5.52. The van der Waals surface area contributed by atoms with Gasteiger partial charge in [0.05, 0.1) is 9.79 Å². The predicted molar refractivity (Wildman–Crippen MR) is 98.5 cm³/mol. The Bertz CT molecular complexity index is 1020. The van der Waals surface area contributed by atoms with Crippen molar-refractivity contribution in [2.45, 2.75) is 16.4 Å². The molecule has 0 saturated heterocycles. The average molecular weight is 385 g/mol. The van der Waals surface area contributed by atoms with E-state index < -0.39 is 21.7 Å². The van der Waals surface area contributed by atoms with Crippen LogP contribution >= 0.6 is 0 Å². The number of halogens is 1. The topological polar surface area (TPSA) is 72.5 Å². The maximum absolute atomic E-state index is 13.0. The first-order valence-electron chi connectivity index (χ1n) is 8.03. The van der Waals surface area contributed by atoms with E-state index in [1.165, 1.54) is 36.4 Å². The van der Waals surface area contributed by atoms with E-state index in [0.29, 0.717) is 5.69 Å². The minimum absolute atomic E-state index is 0.00752. The lowest BCUT2D eigenvalue weighted by atomic mass is 10.2. The summed E-state index contributed by atoms with van der Waals surface area (Å²) in [5.74, 6) is -0.512. The van der Waals surface area contributed by atoms with E-state index in [4.69, 9.17) is 4.74 Å². The van der Waals surface area contributed by atoms with Crippen molar-refractivity contribution in [1.29, 1.82) is 0 Å². The van der Waals surface area contributed by atoms with Crippen LogP contribution < -0.4 is 5.32 Å². The van der Waals surface area contributed by atoms with Crippen LogP contribution in [0.4, 0.5) is 14.9 Å². The first-order chi connectivity index (χ1) is 12.9. The fraction of sp³-hybridized carbons (Fsp3) is 0.0500. The molecule has 138 valence electrons. The van der Waals surface area contributed by atoms with Crippen LogP contribution in [0.2, 0.25) is 0 Å². The summed E-state index contributed by atoms with van der Waals surface area (Å²) in [6.07, 6.45) is -0.645. The number of hydrogen-bond donors (Lipinski definition) is 1. The Hall–Kier alpha value is -3.19. The highest BCUT2D eigenvalue weighted by Crippen LogP contribution is 2.22. The van der Waals surface area contributed by atoms with E-state index in [2.05, 4.69) is 5.32 Å². The van der Waals surface area contributed by atoms with E-state index in [1.807, 2.05) is 30.3 Å². The Morgan fingerprint density at radius 2 is 1.41 bits per heavy atom. The molecule has 1 N–H and O–H groups in total. The second-order valence-electron chi connectivity index (χ2n) is 5.67. The highest BCUT2D eigenvalue weighted by Gasteiger charge is 2.17. The van der Waals surface area contributed by atoms with Gasteiger partial charge in [-0.15, -0.1) is 0 Å². The Balaban J connectivity index is 1.64. The molecule has 0 spiro atoms. The van der Waals surface area contributed by atoms with Crippen molar-refractivity contribution in [3.05, 3.63) is 90.2 Å². The molecule has 7 heteroatoms. The van der Waals surface area contributed by atoms with Crippen LogP contribution in [0.25, 0.3) is 0 Å². The smallest absolute Gasteiger partial charge is 0.411 e. The number of nitrogens with one attached hydrogen (secondary N) is 1. The van der Waals surface area contributed by atoms with Crippen molar-refractivity contribution < 1.29 is 22.3 Å². The summed E-state index contributed by atoms with van der Waals surface area (Å²) in [6, 6.07) is 19.5. The van der Waals surface area contributed by atoms with Gasteiger partial charge < -0.3 is 4.74 Å². The lowest BCUT2D eigenvalue weighted by molar-refractivity contribution is 0.155. The van der Waals surface area contributed by atoms with Gasteiger partial charge in [0.2, 0.25) is 9.84 Å². The third kappa shape index (κ3) is 4.71. The molecular weight excluding hydrogens is 369 g/mol.